The fourth-order valence-electron chi connectivity index (χ4n) is 3.02. The third-order valence-corrected chi connectivity index (χ3v) is 4.17. The molecule has 0 saturated heterocycles. The van der Waals surface area contributed by atoms with Crippen molar-refractivity contribution in [2.75, 3.05) is 12.1 Å². The van der Waals surface area contributed by atoms with Crippen LogP contribution in [0.4, 0.5) is 5.69 Å². The number of carbonyl (C=O) groups excluding carboxylic acids is 1. The lowest BCUT2D eigenvalue weighted by Crippen LogP contribution is -2.16. The maximum atomic E-state index is 13.0. The average molecular weight is 337 g/mol. The summed E-state index contributed by atoms with van der Waals surface area (Å²) in [6.45, 7) is 4.28. The van der Waals surface area contributed by atoms with E-state index in [2.05, 4.69) is 17.2 Å². The van der Waals surface area contributed by atoms with Gasteiger partial charge in [-0.15, -0.1) is 0 Å². The van der Waals surface area contributed by atoms with Gasteiger partial charge in [-0.25, -0.2) is 4.98 Å². The highest BCUT2D eigenvalue weighted by atomic mass is 16.7. The molecule has 128 valence electrons. The zero-order valence-corrected chi connectivity index (χ0v) is 14.2. The summed E-state index contributed by atoms with van der Waals surface area (Å²) in [5.74, 6) is 1.15. The van der Waals surface area contributed by atoms with Crippen molar-refractivity contribution in [3.8, 4) is 11.5 Å². The molecule has 1 amide bonds. The zero-order chi connectivity index (χ0) is 17.4. The van der Waals surface area contributed by atoms with Gasteiger partial charge in [0.25, 0.3) is 5.91 Å². The Bertz CT molecular complexity index is 962. The van der Waals surface area contributed by atoms with Gasteiger partial charge in [0.1, 0.15) is 11.3 Å². The maximum absolute atomic E-state index is 13.0. The molecule has 3 heterocycles. The minimum Gasteiger partial charge on any atom is -0.454 e. The molecule has 0 aliphatic carbocycles. The van der Waals surface area contributed by atoms with E-state index in [0.717, 1.165) is 29.7 Å². The first kappa shape index (κ1) is 15.5. The lowest BCUT2D eigenvalue weighted by Gasteiger charge is -2.08. The second-order valence-electron chi connectivity index (χ2n) is 6.11. The largest absolute Gasteiger partial charge is 0.454 e. The topological polar surface area (TPSA) is 64.9 Å². The Morgan fingerprint density at radius 2 is 2.08 bits per heavy atom. The molecule has 3 aromatic rings. The van der Waals surface area contributed by atoms with Gasteiger partial charge in [0, 0.05) is 18.0 Å². The fourth-order valence-corrected chi connectivity index (χ4v) is 3.02. The minimum absolute atomic E-state index is 0.180. The highest BCUT2D eigenvalue weighted by molar-refractivity contribution is 6.04. The highest BCUT2D eigenvalue weighted by Crippen LogP contribution is 2.34. The number of carbonyl (C=O) groups is 1. The summed E-state index contributed by atoms with van der Waals surface area (Å²) in [6, 6.07) is 9.31. The number of pyridine rings is 1. The normalized spacial score (nSPS) is 12.6. The van der Waals surface area contributed by atoms with Gasteiger partial charge in [0.05, 0.1) is 5.69 Å². The smallest absolute Gasteiger partial charge is 0.274 e. The summed E-state index contributed by atoms with van der Waals surface area (Å²) in [5.41, 5.74) is 3.92. The number of aromatic nitrogens is 2. The first-order valence-electron chi connectivity index (χ1n) is 8.34. The lowest BCUT2D eigenvalue weighted by atomic mass is 10.2. The molecule has 1 aliphatic heterocycles. The van der Waals surface area contributed by atoms with Crippen LogP contribution in [0.1, 0.15) is 35.1 Å². The number of nitrogens with one attached hydrogen (secondary N) is 1. The molecular formula is C19H19N3O3. The fraction of sp³-hybridized carbons (Fsp3) is 0.263. The van der Waals surface area contributed by atoms with Crippen molar-refractivity contribution in [3.63, 3.8) is 0 Å². The lowest BCUT2D eigenvalue weighted by molar-refractivity contribution is 0.102. The minimum atomic E-state index is -0.180. The van der Waals surface area contributed by atoms with Gasteiger partial charge < -0.3 is 14.8 Å². The molecule has 1 aromatic carbocycles. The van der Waals surface area contributed by atoms with Crippen molar-refractivity contribution in [2.24, 2.45) is 0 Å². The van der Waals surface area contributed by atoms with Gasteiger partial charge in [-0.05, 0) is 37.1 Å². The van der Waals surface area contributed by atoms with Gasteiger partial charge >= 0.3 is 0 Å². The number of aryl methyl sites for hydroxylation is 2. The Hall–Kier alpha value is -3.02. The second-order valence-corrected chi connectivity index (χ2v) is 6.11. The molecule has 0 unspecified atom stereocenters. The SMILES string of the molecule is CCCc1nc2ccc(C)cn2c1C(=O)Nc1ccc2c(c1)OCO2. The molecule has 25 heavy (non-hydrogen) atoms. The molecule has 0 bridgehead atoms. The average Bonchev–Trinajstić information content (AvgIpc) is 3.18. The summed E-state index contributed by atoms with van der Waals surface area (Å²) < 4.78 is 12.5. The quantitative estimate of drug-likeness (QED) is 0.790. The van der Waals surface area contributed by atoms with Gasteiger partial charge in [0.15, 0.2) is 11.5 Å². The number of hydrogen-bond donors (Lipinski definition) is 1. The Morgan fingerprint density at radius 3 is 2.92 bits per heavy atom. The van der Waals surface area contributed by atoms with Gasteiger partial charge in [-0.2, -0.15) is 0 Å². The van der Waals surface area contributed by atoms with Crippen molar-refractivity contribution >= 4 is 17.2 Å². The van der Waals surface area contributed by atoms with E-state index in [1.54, 1.807) is 18.2 Å². The molecule has 2 aromatic heterocycles. The number of nitrogens with zero attached hydrogens (tertiary/aromatic N) is 2. The van der Waals surface area contributed by atoms with E-state index >= 15 is 0 Å². The molecule has 6 nitrogen and oxygen atoms in total. The van der Waals surface area contributed by atoms with E-state index in [0.29, 0.717) is 22.9 Å². The molecular weight excluding hydrogens is 318 g/mol. The van der Waals surface area contributed by atoms with E-state index in [9.17, 15) is 4.79 Å². The van der Waals surface area contributed by atoms with Crippen LogP contribution in [0.2, 0.25) is 0 Å². The number of ether oxygens (including phenoxy) is 2. The predicted molar refractivity (Wildman–Crippen MR) is 94.4 cm³/mol. The van der Waals surface area contributed by atoms with E-state index in [-0.39, 0.29) is 12.7 Å². The van der Waals surface area contributed by atoms with E-state index in [4.69, 9.17) is 9.47 Å². The monoisotopic (exact) mass is 337 g/mol. The molecule has 1 N–H and O–H groups in total. The summed E-state index contributed by atoms with van der Waals surface area (Å²) in [6.07, 6.45) is 3.62. The van der Waals surface area contributed by atoms with Gasteiger partial charge in [0.2, 0.25) is 6.79 Å². The van der Waals surface area contributed by atoms with E-state index in [1.807, 2.05) is 29.7 Å². The third-order valence-electron chi connectivity index (χ3n) is 4.17. The third kappa shape index (κ3) is 2.80. The van der Waals surface area contributed by atoms with Crippen LogP contribution < -0.4 is 14.8 Å². The van der Waals surface area contributed by atoms with Crippen LogP contribution in [0.3, 0.4) is 0 Å². The Balaban J connectivity index is 1.71. The Kier molecular flexibility index (Phi) is 3.80. The first-order valence-corrected chi connectivity index (χ1v) is 8.34. The van der Waals surface area contributed by atoms with Crippen LogP contribution in [-0.4, -0.2) is 22.1 Å². The molecule has 4 rings (SSSR count). The van der Waals surface area contributed by atoms with Crippen LogP contribution in [0, 0.1) is 6.92 Å². The number of rotatable bonds is 4. The number of imidazole rings is 1. The number of fused-ring (bicyclic) bond motifs is 2. The van der Waals surface area contributed by atoms with Crippen molar-refractivity contribution < 1.29 is 14.3 Å². The molecule has 6 heteroatoms. The first-order chi connectivity index (χ1) is 12.2. The molecule has 1 aliphatic rings. The van der Waals surface area contributed by atoms with Crippen molar-refractivity contribution in [2.45, 2.75) is 26.7 Å². The van der Waals surface area contributed by atoms with Crippen LogP contribution in [0.25, 0.3) is 5.65 Å². The molecule has 0 atom stereocenters. The van der Waals surface area contributed by atoms with Crippen molar-refractivity contribution in [1.29, 1.82) is 0 Å². The van der Waals surface area contributed by atoms with Crippen LogP contribution >= 0.6 is 0 Å². The summed E-state index contributed by atoms with van der Waals surface area (Å²) in [5, 5.41) is 2.95. The van der Waals surface area contributed by atoms with Crippen molar-refractivity contribution in [1.82, 2.24) is 9.38 Å². The van der Waals surface area contributed by atoms with E-state index < -0.39 is 0 Å². The molecule has 0 fully saturated rings. The highest BCUT2D eigenvalue weighted by Gasteiger charge is 2.20. The Labute approximate surface area is 145 Å². The summed E-state index contributed by atoms with van der Waals surface area (Å²) >= 11 is 0. The summed E-state index contributed by atoms with van der Waals surface area (Å²) in [4.78, 5) is 17.6. The van der Waals surface area contributed by atoms with E-state index in [1.165, 1.54) is 0 Å². The molecule has 0 saturated carbocycles. The molecule has 0 radical (unpaired) electrons. The van der Waals surface area contributed by atoms with Gasteiger partial charge in [-0.3, -0.25) is 9.20 Å². The second kappa shape index (κ2) is 6.12. The standard InChI is InChI=1S/C19H19N3O3/c1-3-4-14-18(22-10-12(2)5-8-17(22)21-14)19(23)20-13-6-7-15-16(9-13)25-11-24-15/h5-10H,3-4,11H2,1-2H3,(H,20,23). The van der Waals surface area contributed by atoms with Crippen LogP contribution in [-0.2, 0) is 6.42 Å². The number of anilines is 1. The number of hydrogen-bond acceptors (Lipinski definition) is 4. The zero-order valence-electron chi connectivity index (χ0n) is 14.2. The predicted octanol–water partition coefficient (Wildman–Crippen LogP) is 3.58. The van der Waals surface area contributed by atoms with Crippen LogP contribution in [0.15, 0.2) is 36.5 Å². The number of benzene rings is 1. The maximum Gasteiger partial charge on any atom is 0.274 e. The van der Waals surface area contributed by atoms with Gasteiger partial charge in [-0.1, -0.05) is 19.4 Å². The molecule has 0 spiro atoms. The van der Waals surface area contributed by atoms with Crippen molar-refractivity contribution in [3.05, 3.63) is 53.5 Å². The number of amides is 1. The Morgan fingerprint density at radius 1 is 1.24 bits per heavy atom. The van der Waals surface area contributed by atoms with Crippen LogP contribution in [0.5, 0.6) is 11.5 Å². The summed E-state index contributed by atoms with van der Waals surface area (Å²) in [7, 11) is 0.